The molecule has 74 valence electrons. The lowest BCUT2D eigenvalue weighted by Crippen LogP contribution is -1.95. The summed E-state index contributed by atoms with van der Waals surface area (Å²) in [4.78, 5) is 0. The Hall–Kier alpha value is -1.85. The largest absolute Gasteiger partial charge is 0.387 e. The fourth-order valence-electron chi connectivity index (χ4n) is 1.62. The molecule has 1 N–H and O–H groups in total. The maximum Gasteiger partial charge on any atom is 0.0920 e. The van der Waals surface area contributed by atoms with Gasteiger partial charge in [-0.05, 0) is 22.4 Å². The number of nitrogens with zero attached hydrogens (tertiary/aromatic N) is 1. The Labute approximate surface area is 88.4 Å². The summed E-state index contributed by atoms with van der Waals surface area (Å²) in [6, 6.07) is 15.7. The highest BCUT2D eigenvalue weighted by Crippen LogP contribution is 2.21. The molecule has 0 saturated heterocycles. The first-order valence-electron chi connectivity index (χ1n) is 4.85. The lowest BCUT2D eigenvalue weighted by atomic mass is 10.0. The third kappa shape index (κ3) is 1.98. The molecule has 15 heavy (non-hydrogen) atoms. The van der Waals surface area contributed by atoms with E-state index in [1.807, 2.05) is 48.5 Å². The molecule has 0 heterocycles. The zero-order valence-electron chi connectivity index (χ0n) is 8.22. The van der Waals surface area contributed by atoms with Crippen LogP contribution in [0.5, 0.6) is 0 Å². The quantitative estimate of drug-likeness (QED) is 0.804. The van der Waals surface area contributed by atoms with Crippen molar-refractivity contribution < 1.29 is 5.11 Å². The van der Waals surface area contributed by atoms with Gasteiger partial charge >= 0.3 is 0 Å². The van der Waals surface area contributed by atoms with Gasteiger partial charge in [0.2, 0.25) is 0 Å². The Morgan fingerprint density at radius 1 is 1.13 bits per heavy atom. The van der Waals surface area contributed by atoms with Crippen molar-refractivity contribution in [3.63, 3.8) is 0 Å². The Morgan fingerprint density at radius 2 is 1.87 bits per heavy atom. The standard InChI is InChI=1S/C13H11NO/c14-8-7-13(15)12-6-5-10-3-1-2-4-11(10)9-12/h1-6,9,13,15H,7H2. The maximum atomic E-state index is 9.66. The summed E-state index contributed by atoms with van der Waals surface area (Å²) in [5, 5.41) is 20.4. The van der Waals surface area contributed by atoms with Crippen LogP contribution in [-0.2, 0) is 0 Å². The van der Waals surface area contributed by atoms with Gasteiger partial charge in [0.25, 0.3) is 0 Å². The first kappa shape index (κ1) is 9.70. The molecule has 0 aliphatic carbocycles. The van der Waals surface area contributed by atoms with Crippen molar-refractivity contribution >= 4 is 10.8 Å². The molecular formula is C13H11NO. The zero-order chi connectivity index (χ0) is 10.7. The van der Waals surface area contributed by atoms with E-state index in [1.54, 1.807) is 0 Å². The number of hydrogen-bond acceptors (Lipinski definition) is 2. The maximum absolute atomic E-state index is 9.66. The molecule has 1 atom stereocenters. The summed E-state index contributed by atoms with van der Waals surface area (Å²) < 4.78 is 0. The second-order valence-electron chi connectivity index (χ2n) is 3.48. The van der Waals surface area contributed by atoms with Gasteiger partial charge in [-0.25, -0.2) is 0 Å². The highest BCUT2D eigenvalue weighted by atomic mass is 16.3. The topological polar surface area (TPSA) is 44.0 Å². The van der Waals surface area contributed by atoms with Crippen molar-refractivity contribution in [2.45, 2.75) is 12.5 Å². The lowest BCUT2D eigenvalue weighted by molar-refractivity contribution is 0.183. The van der Waals surface area contributed by atoms with E-state index < -0.39 is 6.10 Å². The number of hydrogen-bond donors (Lipinski definition) is 1. The second-order valence-corrected chi connectivity index (χ2v) is 3.48. The van der Waals surface area contributed by atoms with E-state index in [-0.39, 0.29) is 6.42 Å². The van der Waals surface area contributed by atoms with Crippen LogP contribution in [0.2, 0.25) is 0 Å². The number of nitriles is 1. The van der Waals surface area contributed by atoms with E-state index in [9.17, 15) is 5.11 Å². The van der Waals surface area contributed by atoms with Gasteiger partial charge in [-0.3, -0.25) is 0 Å². The van der Waals surface area contributed by atoms with E-state index in [0.717, 1.165) is 16.3 Å². The van der Waals surface area contributed by atoms with Gasteiger partial charge in [0.1, 0.15) is 0 Å². The monoisotopic (exact) mass is 197 g/mol. The van der Waals surface area contributed by atoms with Gasteiger partial charge in [0.15, 0.2) is 0 Å². The van der Waals surface area contributed by atoms with Crippen molar-refractivity contribution in [1.82, 2.24) is 0 Å². The fraction of sp³-hybridized carbons (Fsp3) is 0.154. The minimum Gasteiger partial charge on any atom is -0.387 e. The summed E-state index contributed by atoms with van der Waals surface area (Å²) in [6.45, 7) is 0. The SMILES string of the molecule is N#CCC(O)c1ccc2ccccc2c1. The van der Waals surface area contributed by atoms with Crippen molar-refractivity contribution in [3.05, 3.63) is 48.0 Å². The minimum absolute atomic E-state index is 0.137. The molecule has 0 radical (unpaired) electrons. The van der Waals surface area contributed by atoms with Gasteiger partial charge in [-0.15, -0.1) is 0 Å². The molecule has 0 bridgehead atoms. The van der Waals surface area contributed by atoms with Crippen molar-refractivity contribution in [2.75, 3.05) is 0 Å². The predicted octanol–water partition coefficient (Wildman–Crippen LogP) is 2.79. The van der Waals surface area contributed by atoms with Gasteiger partial charge in [0, 0.05) is 0 Å². The highest BCUT2D eigenvalue weighted by Gasteiger charge is 2.06. The Morgan fingerprint density at radius 3 is 2.60 bits per heavy atom. The van der Waals surface area contributed by atoms with Crippen LogP contribution in [-0.4, -0.2) is 5.11 Å². The molecule has 2 aromatic rings. The molecule has 1 unspecified atom stereocenters. The van der Waals surface area contributed by atoms with E-state index in [2.05, 4.69) is 0 Å². The molecule has 2 nitrogen and oxygen atoms in total. The van der Waals surface area contributed by atoms with Crippen LogP contribution < -0.4 is 0 Å². The molecular weight excluding hydrogens is 186 g/mol. The number of aliphatic hydroxyl groups excluding tert-OH is 1. The van der Waals surface area contributed by atoms with Gasteiger partial charge < -0.3 is 5.11 Å². The van der Waals surface area contributed by atoms with Gasteiger partial charge in [-0.2, -0.15) is 5.26 Å². The van der Waals surface area contributed by atoms with Crippen LogP contribution in [0.4, 0.5) is 0 Å². The Bertz CT molecular complexity index is 513. The lowest BCUT2D eigenvalue weighted by Gasteiger charge is -2.07. The van der Waals surface area contributed by atoms with E-state index >= 15 is 0 Å². The average molecular weight is 197 g/mol. The number of aliphatic hydroxyl groups is 1. The fourth-order valence-corrected chi connectivity index (χ4v) is 1.62. The molecule has 0 aliphatic rings. The Kier molecular flexibility index (Phi) is 2.66. The average Bonchev–Trinajstić information content (AvgIpc) is 2.29. The molecule has 0 saturated carbocycles. The molecule has 0 spiro atoms. The van der Waals surface area contributed by atoms with Crippen LogP contribution in [0.3, 0.4) is 0 Å². The molecule has 0 aliphatic heterocycles. The number of fused-ring (bicyclic) bond motifs is 1. The first-order chi connectivity index (χ1) is 7.31. The van der Waals surface area contributed by atoms with Crippen LogP contribution in [0.15, 0.2) is 42.5 Å². The second kappa shape index (κ2) is 4.12. The smallest absolute Gasteiger partial charge is 0.0920 e. The van der Waals surface area contributed by atoms with Crippen LogP contribution in [0.25, 0.3) is 10.8 Å². The molecule has 2 aromatic carbocycles. The predicted molar refractivity (Wildman–Crippen MR) is 59.1 cm³/mol. The Balaban J connectivity index is 2.43. The third-order valence-corrected chi connectivity index (χ3v) is 2.44. The number of benzene rings is 2. The van der Waals surface area contributed by atoms with Gasteiger partial charge in [-0.1, -0.05) is 36.4 Å². The molecule has 0 fully saturated rings. The summed E-state index contributed by atoms with van der Waals surface area (Å²) in [7, 11) is 0. The molecule has 2 heteroatoms. The van der Waals surface area contributed by atoms with E-state index in [1.165, 1.54) is 0 Å². The first-order valence-corrected chi connectivity index (χ1v) is 4.85. The third-order valence-electron chi connectivity index (χ3n) is 2.44. The van der Waals surface area contributed by atoms with Crippen molar-refractivity contribution in [3.8, 4) is 6.07 Å². The molecule has 0 amide bonds. The van der Waals surface area contributed by atoms with Crippen LogP contribution >= 0.6 is 0 Å². The van der Waals surface area contributed by atoms with Gasteiger partial charge in [0.05, 0.1) is 18.6 Å². The summed E-state index contributed by atoms with van der Waals surface area (Å²) in [6.07, 6.45) is -0.544. The van der Waals surface area contributed by atoms with E-state index in [0.29, 0.717) is 0 Å². The van der Waals surface area contributed by atoms with E-state index in [4.69, 9.17) is 5.26 Å². The zero-order valence-corrected chi connectivity index (χ0v) is 8.22. The van der Waals surface area contributed by atoms with Crippen LogP contribution in [0, 0.1) is 11.3 Å². The summed E-state index contributed by atoms with van der Waals surface area (Å²) >= 11 is 0. The minimum atomic E-state index is -0.681. The number of rotatable bonds is 2. The summed E-state index contributed by atoms with van der Waals surface area (Å²) in [5.74, 6) is 0. The van der Waals surface area contributed by atoms with Crippen LogP contribution in [0.1, 0.15) is 18.1 Å². The molecule has 2 rings (SSSR count). The highest BCUT2D eigenvalue weighted by molar-refractivity contribution is 5.83. The summed E-state index contributed by atoms with van der Waals surface area (Å²) in [5.41, 5.74) is 0.801. The molecule has 0 aromatic heterocycles. The van der Waals surface area contributed by atoms with Crippen molar-refractivity contribution in [1.29, 1.82) is 5.26 Å². The normalized spacial score (nSPS) is 12.3. The van der Waals surface area contributed by atoms with Crippen molar-refractivity contribution in [2.24, 2.45) is 0 Å².